The number of anilines is 2. The zero-order valence-corrected chi connectivity index (χ0v) is 11.3. The predicted molar refractivity (Wildman–Crippen MR) is 72.0 cm³/mol. The molecule has 0 bridgehead atoms. The van der Waals surface area contributed by atoms with Gasteiger partial charge >= 0.3 is 0 Å². The summed E-state index contributed by atoms with van der Waals surface area (Å²) in [6.07, 6.45) is 0.937. The second-order valence-corrected chi connectivity index (χ2v) is 4.79. The third-order valence-electron chi connectivity index (χ3n) is 3.11. The van der Waals surface area contributed by atoms with E-state index in [1.165, 1.54) is 17.0 Å². The largest absolute Gasteiger partial charge is 0.368 e. The molecule has 6 heteroatoms. The Labute approximate surface area is 115 Å². The molecule has 0 N–H and O–H groups in total. The highest BCUT2D eigenvalue weighted by Gasteiger charge is 2.30. The molecule has 0 saturated heterocycles. The summed E-state index contributed by atoms with van der Waals surface area (Å²) >= 11 is 5.20. The zero-order chi connectivity index (χ0) is 14.0. The standard InChI is InChI=1S/C13H15ClF2N2O/c1-2-5-17-6-7-18(13(19)12(14)16)11-8-9(15)3-4-10(11)17/h3-4,8,12H,2,5-7H2,1H3. The number of hydrogen-bond acceptors (Lipinski definition) is 2. The summed E-state index contributed by atoms with van der Waals surface area (Å²) in [4.78, 5) is 15.0. The van der Waals surface area contributed by atoms with Crippen LogP contribution in [0.4, 0.5) is 20.2 Å². The molecular weight excluding hydrogens is 274 g/mol. The van der Waals surface area contributed by atoms with Crippen LogP contribution in [0.5, 0.6) is 0 Å². The van der Waals surface area contributed by atoms with E-state index in [4.69, 9.17) is 11.6 Å². The van der Waals surface area contributed by atoms with Crippen molar-refractivity contribution in [1.82, 2.24) is 0 Å². The van der Waals surface area contributed by atoms with E-state index in [0.717, 1.165) is 18.7 Å². The number of halogens is 3. The van der Waals surface area contributed by atoms with E-state index in [0.29, 0.717) is 18.8 Å². The summed E-state index contributed by atoms with van der Waals surface area (Å²) in [7, 11) is 0. The Balaban J connectivity index is 2.40. The molecule has 3 nitrogen and oxygen atoms in total. The van der Waals surface area contributed by atoms with Crippen LogP contribution >= 0.6 is 11.6 Å². The molecule has 0 aliphatic carbocycles. The summed E-state index contributed by atoms with van der Waals surface area (Å²) in [6, 6.07) is 4.19. The van der Waals surface area contributed by atoms with Gasteiger partial charge in [-0.2, -0.15) is 0 Å². The van der Waals surface area contributed by atoms with Crippen molar-refractivity contribution in [2.75, 3.05) is 29.4 Å². The Morgan fingerprint density at radius 1 is 1.42 bits per heavy atom. The number of fused-ring (bicyclic) bond motifs is 1. The second kappa shape index (κ2) is 5.74. The topological polar surface area (TPSA) is 23.6 Å². The molecule has 0 saturated carbocycles. The maximum absolute atomic E-state index is 13.4. The molecule has 1 heterocycles. The maximum Gasteiger partial charge on any atom is 0.277 e. The van der Waals surface area contributed by atoms with Crippen molar-refractivity contribution in [3.8, 4) is 0 Å². The van der Waals surface area contributed by atoms with E-state index in [1.807, 2.05) is 6.92 Å². The van der Waals surface area contributed by atoms with E-state index in [-0.39, 0.29) is 0 Å². The number of benzene rings is 1. The molecule has 0 radical (unpaired) electrons. The summed E-state index contributed by atoms with van der Waals surface area (Å²) in [5.41, 5.74) is -0.984. The summed E-state index contributed by atoms with van der Waals surface area (Å²) in [5, 5.41) is 0. The minimum Gasteiger partial charge on any atom is -0.368 e. The van der Waals surface area contributed by atoms with Gasteiger partial charge in [0.05, 0.1) is 11.4 Å². The fourth-order valence-corrected chi connectivity index (χ4v) is 2.41. The molecule has 1 atom stereocenters. The predicted octanol–water partition coefficient (Wildman–Crippen LogP) is 2.92. The van der Waals surface area contributed by atoms with Crippen molar-refractivity contribution in [3.63, 3.8) is 0 Å². The Morgan fingerprint density at radius 2 is 2.16 bits per heavy atom. The molecule has 1 aliphatic heterocycles. The number of hydrogen-bond donors (Lipinski definition) is 0. The van der Waals surface area contributed by atoms with Gasteiger partial charge in [-0.15, -0.1) is 0 Å². The first-order valence-electron chi connectivity index (χ1n) is 6.18. The highest BCUT2D eigenvalue weighted by Crippen LogP contribution is 2.34. The molecule has 1 aliphatic rings. The van der Waals surface area contributed by atoms with E-state index in [2.05, 4.69) is 4.90 Å². The van der Waals surface area contributed by atoms with Crippen LogP contribution in [0.15, 0.2) is 18.2 Å². The second-order valence-electron chi connectivity index (χ2n) is 4.41. The van der Waals surface area contributed by atoms with Crippen molar-refractivity contribution in [2.24, 2.45) is 0 Å². The minimum atomic E-state index is -2.10. The van der Waals surface area contributed by atoms with Crippen molar-refractivity contribution in [1.29, 1.82) is 0 Å². The number of carbonyl (C=O) groups excluding carboxylic acids is 1. The van der Waals surface area contributed by atoms with Gasteiger partial charge in [0, 0.05) is 19.6 Å². The SMILES string of the molecule is CCCN1CCN(C(=O)C(F)Cl)c2cc(F)ccc21. The normalized spacial score (nSPS) is 16.2. The summed E-state index contributed by atoms with van der Waals surface area (Å²) in [6.45, 7) is 3.74. The zero-order valence-electron chi connectivity index (χ0n) is 10.6. The lowest BCUT2D eigenvalue weighted by atomic mass is 10.1. The van der Waals surface area contributed by atoms with Crippen LogP contribution in [-0.4, -0.2) is 31.2 Å². The van der Waals surface area contributed by atoms with Crippen molar-refractivity contribution in [2.45, 2.75) is 19.0 Å². The van der Waals surface area contributed by atoms with Crippen molar-refractivity contribution in [3.05, 3.63) is 24.0 Å². The fraction of sp³-hybridized carbons (Fsp3) is 0.462. The first-order chi connectivity index (χ1) is 9.04. The molecule has 0 fully saturated rings. The van der Waals surface area contributed by atoms with E-state index < -0.39 is 17.4 Å². The van der Waals surface area contributed by atoms with E-state index in [1.54, 1.807) is 6.07 Å². The quantitative estimate of drug-likeness (QED) is 0.799. The van der Waals surface area contributed by atoms with Gasteiger partial charge in [-0.25, -0.2) is 8.78 Å². The van der Waals surface area contributed by atoms with Crippen LogP contribution in [0.3, 0.4) is 0 Å². The van der Waals surface area contributed by atoms with Crippen LogP contribution < -0.4 is 9.80 Å². The van der Waals surface area contributed by atoms with E-state index in [9.17, 15) is 13.6 Å². The monoisotopic (exact) mass is 288 g/mol. The molecule has 1 unspecified atom stereocenters. The van der Waals surface area contributed by atoms with Crippen LogP contribution in [-0.2, 0) is 4.79 Å². The molecular formula is C13H15ClF2N2O. The van der Waals surface area contributed by atoms with Gasteiger partial charge in [-0.3, -0.25) is 4.79 Å². The molecule has 2 rings (SSSR count). The lowest BCUT2D eigenvalue weighted by molar-refractivity contribution is -0.120. The van der Waals surface area contributed by atoms with Gasteiger partial charge in [0.25, 0.3) is 11.5 Å². The average Bonchev–Trinajstić information content (AvgIpc) is 2.38. The van der Waals surface area contributed by atoms with Gasteiger partial charge in [0.1, 0.15) is 5.82 Å². The van der Waals surface area contributed by atoms with Crippen molar-refractivity contribution < 1.29 is 13.6 Å². The molecule has 0 spiro atoms. The number of alkyl halides is 2. The lowest BCUT2D eigenvalue weighted by Gasteiger charge is -2.37. The average molecular weight is 289 g/mol. The number of carbonyl (C=O) groups is 1. The van der Waals surface area contributed by atoms with Gasteiger partial charge in [0.2, 0.25) is 0 Å². The summed E-state index contributed by atoms with van der Waals surface area (Å²) < 4.78 is 26.3. The maximum atomic E-state index is 13.4. The van der Waals surface area contributed by atoms with Crippen molar-refractivity contribution >= 4 is 28.9 Å². The smallest absolute Gasteiger partial charge is 0.277 e. The molecule has 0 aromatic heterocycles. The lowest BCUT2D eigenvalue weighted by Crippen LogP contribution is -2.46. The molecule has 1 aromatic rings. The van der Waals surface area contributed by atoms with Gasteiger partial charge in [-0.1, -0.05) is 18.5 Å². The third kappa shape index (κ3) is 2.81. The number of nitrogens with zero attached hydrogens (tertiary/aromatic N) is 2. The number of amides is 1. The Hall–Kier alpha value is -1.36. The van der Waals surface area contributed by atoms with E-state index >= 15 is 0 Å². The van der Waals surface area contributed by atoms with Crippen LogP contribution in [0.2, 0.25) is 0 Å². The summed E-state index contributed by atoms with van der Waals surface area (Å²) in [5.74, 6) is -1.30. The minimum absolute atomic E-state index is 0.308. The van der Waals surface area contributed by atoms with Crippen LogP contribution in [0.25, 0.3) is 0 Å². The molecule has 104 valence electrons. The first kappa shape index (κ1) is 14.1. The first-order valence-corrected chi connectivity index (χ1v) is 6.62. The van der Waals surface area contributed by atoms with Gasteiger partial charge in [0.15, 0.2) is 0 Å². The molecule has 1 amide bonds. The Morgan fingerprint density at radius 3 is 2.79 bits per heavy atom. The Kier molecular flexibility index (Phi) is 4.24. The Bertz CT molecular complexity index is 482. The molecule has 19 heavy (non-hydrogen) atoms. The van der Waals surface area contributed by atoms with Gasteiger partial charge in [-0.05, 0) is 24.6 Å². The van der Waals surface area contributed by atoms with Gasteiger partial charge < -0.3 is 9.80 Å². The molecule has 1 aromatic carbocycles. The van der Waals surface area contributed by atoms with Crippen LogP contribution in [0, 0.1) is 5.82 Å². The fourth-order valence-electron chi connectivity index (χ4n) is 2.29. The highest BCUT2D eigenvalue weighted by atomic mass is 35.5. The van der Waals surface area contributed by atoms with Crippen LogP contribution in [0.1, 0.15) is 13.3 Å². The third-order valence-corrected chi connectivity index (χ3v) is 3.30. The number of rotatable bonds is 3. The highest BCUT2D eigenvalue weighted by molar-refractivity contribution is 6.31.